The molecule has 2 aromatic rings. The van der Waals surface area contributed by atoms with Gasteiger partial charge in [0.05, 0.1) is 4.92 Å². The minimum Gasteiger partial charge on any atom is -0.434 e. The topological polar surface area (TPSA) is 70.2 Å². The van der Waals surface area contributed by atoms with E-state index in [-0.39, 0.29) is 11.6 Å². The van der Waals surface area contributed by atoms with Crippen molar-refractivity contribution in [3.63, 3.8) is 0 Å². The van der Waals surface area contributed by atoms with Crippen LogP contribution in [0.3, 0.4) is 0 Å². The average molecular weight is 354 g/mol. The molecule has 0 bridgehead atoms. The molecule has 0 unspecified atom stereocenters. The third-order valence-electron chi connectivity index (χ3n) is 3.18. The molecule has 0 aliphatic carbocycles. The predicted molar refractivity (Wildman–Crippen MR) is 82.9 cm³/mol. The first-order valence-electron chi connectivity index (χ1n) is 6.50. The number of nitro groups is 1. The van der Waals surface area contributed by atoms with Crippen molar-refractivity contribution in [1.29, 1.82) is 0 Å². The first-order valence-corrected chi connectivity index (χ1v) is 7.29. The van der Waals surface area contributed by atoms with E-state index in [4.69, 9.17) is 4.74 Å². The standard InChI is InChI=1S/C14H16BrN3O3/c1-5-11-13(18(19)20)14(17(4)16-11)21-10-6-8(2)12(15)9(3)7-10/h6-7H,5H2,1-4H3. The van der Waals surface area contributed by atoms with E-state index in [2.05, 4.69) is 21.0 Å². The van der Waals surface area contributed by atoms with Crippen LogP contribution in [0.15, 0.2) is 16.6 Å². The minimum atomic E-state index is -0.445. The molecular weight excluding hydrogens is 338 g/mol. The lowest BCUT2D eigenvalue weighted by atomic mass is 10.1. The summed E-state index contributed by atoms with van der Waals surface area (Å²) in [5, 5.41) is 15.4. The molecule has 0 fully saturated rings. The Morgan fingerprint density at radius 3 is 2.43 bits per heavy atom. The Morgan fingerprint density at radius 1 is 1.38 bits per heavy atom. The smallest absolute Gasteiger partial charge is 0.353 e. The van der Waals surface area contributed by atoms with Crippen molar-refractivity contribution >= 4 is 21.6 Å². The first kappa shape index (κ1) is 15.5. The largest absolute Gasteiger partial charge is 0.434 e. The summed E-state index contributed by atoms with van der Waals surface area (Å²) in [7, 11) is 1.64. The van der Waals surface area contributed by atoms with Gasteiger partial charge in [0.1, 0.15) is 11.4 Å². The Labute approximate surface area is 131 Å². The summed E-state index contributed by atoms with van der Waals surface area (Å²) in [5.41, 5.74) is 2.36. The predicted octanol–water partition coefficient (Wildman–Crippen LogP) is 4.06. The summed E-state index contributed by atoms with van der Waals surface area (Å²) in [6.07, 6.45) is 0.478. The lowest BCUT2D eigenvalue weighted by Gasteiger charge is -2.09. The van der Waals surface area contributed by atoms with Gasteiger partial charge in [-0.05, 0) is 43.5 Å². The maximum absolute atomic E-state index is 11.3. The van der Waals surface area contributed by atoms with Crippen molar-refractivity contribution in [2.75, 3.05) is 0 Å². The molecule has 6 nitrogen and oxygen atoms in total. The van der Waals surface area contributed by atoms with Crippen molar-refractivity contribution in [2.45, 2.75) is 27.2 Å². The number of halogens is 1. The van der Waals surface area contributed by atoms with Crippen LogP contribution in [-0.2, 0) is 13.5 Å². The Bertz CT molecular complexity index is 687. The fraction of sp³-hybridized carbons (Fsp3) is 0.357. The van der Waals surface area contributed by atoms with Gasteiger partial charge in [0.2, 0.25) is 0 Å². The monoisotopic (exact) mass is 353 g/mol. The van der Waals surface area contributed by atoms with Gasteiger partial charge >= 0.3 is 5.69 Å². The molecule has 21 heavy (non-hydrogen) atoms. The Kier molecular flexibility index (Phi) is 4.32. The van der Waals surface area contributed by atoms with Crippen LogP contribution in [-0.4, -0.2) is 14.7 Å². The molecule has 0 aliphatic rings. The van der Waals surface area contributed by atoms with Gasteiger partial charge in [0.15, 0.2) is 0 Å². The van der Waals surface area contributed by atoms with Crippen molar-refractivity contribution in [1.82, 2.24) is 9.78 Å². The molecule has 112 valence electrons. The molecule has 1 aromatic heterocycles. The number of hydrogen-bond acceptors (Lipinski definition) is 4. The van der Waals surface area contributed by atoms with Crippen molar-refractivity contribution < 1.29 is 9.66 Å². The third-order valence-corrected chi connectivity index (χ3v) is 4.43. The number of nitrogens with zero attached hydrogens (tertiary/aromatic N) is 3. The molecular formula is C14H16BrN3O3. The normalized spacial score (nSPS) is 10.7. The van der Waals surface area contributed by atoms with Crippen LogP contribution in [0.4, 0.5) is 5.69 Å². The molecule has 0 saturated carbocycles. The van der Waals surface area contributed by atoms with Crippen LogP contribution in [0.2, 0.25) is 0 Å². The number of aromatic nitrogens is 2. The molecule has 0 amide bonds. The van der Waals surface area contributed by atoms with Gasteiger partial charge < -0.3 is 4.74 Å². The molecule has 1 heterocycles. The van der Waals surface area contributed by atoms with E-state index < -0.39 is 4.92 Å². The number of hydrogen-bond donors (Lipinski definition) is 0. The summed E-state index contributed by atoms with van der Waals surface area (Å²) < 4.78 is 8.15. The highest BCUT2D eigenvalue weighted by Crippen LogP contribution is 2.36. The maximum atomic E-state index is 11.3. The van der Waals surface area contributed by atoms with Crippen molar-refractivity contribution in [3.05, 3.63) is 43.5 Å². The SMILES string of the molecule is CCc1nn(C)c(Oc2cc(C)c(Br)c(C)c2)c1[N+](=O)[O-]. The van der Waals surface area contributed by atoms with Gasteiger partial charge in [-0.3, -0.25) is 10.1 Å². The Hall–Kier alpha value is -1.89. The van der Waals surface area contributed by atoms with Gasteiger partial charge in [-0.1, -0.05) is 22.9 Å². The van der Waals surface area contributed by atoms with Crippen LogP contribution in [0.5, 0.6) is 11.6 Å². The number of rotatable bonds is 4. The average Bonchev–Trinajstić information content (AvgIpc) is 2.72. The fourth-order valence-electron chi connectivity index (χ4n) is 2.16. The molecule has 0 radical (unpaired) electrons. The lowest BCUT2D eigenvalue weighted by molar-refractivity contribution is -0.386. The van der Waals surface area contributed by atoms with E-state index in [1.54, 1.807) is 7.05 Å². The van der Waals surface area contributed by atoms with E-state index in [9.17, 15) is 10.1 Å². The molecule has 0 spiro atoms. The summed E-state index contributed by atoms with van der Waals surface area (Å²) in [6.45, 7) is 5.71. The molecule has 1 aromatic carbocycles. The molecule has 2 rings (SSSR count). The molecule has 0 saturated heterocycles. The van der Waals surface area contributed by atoms with E-state index in [1.807, 2.05) is 32.9 Å². The quantitative estimate of drug-likeness (QED) is 0.613. The number of benzene rings is 1. The first-order chi connectivity index (χ1) is 9.85. The molecule has 7 heteroatoms. The Morgan fingerprint density at radius 2 is 1.95 bits per heavy atom. The van der Waals surface area contributed by atoms with E-state index in [0.29, 0.717) is 17.9 Å². The van der Waals surface area contributed by atoms with Crippen molar-refractivity contribution in [2.24, 2.45) is 7.05 Å². The minimum absolute atomic E-state index is 0.0711. The zero-order valence-corrected chi connectivity index (χ0v) is 13.9. The van der Waals surface area contributed by atoms with Gasteiger partial charge in [0.25, 0.3) is 5.88 Å². The van der Waals surface area contributed by atoms with E-state index in [0.717, 1.165) is 15.6 Å². The van der Waals surface area contributed by atoms with Crippen molar-refractivity contribution in [3.8, 4) is 11.6 Å². The second-order valence-corrected chi connectivity index (χ2v) is 5.60. The lowest BCUT2D eigenvalue weighted by Crippen LogP contribution is -1.98. The number of aryl methyl sites for hydroxylation is 4. The fourth-order valence-corrected chi connectivity index (χ4v) is 2.39. The molecule has 0 aliphatic heterocycles. The van der Waals surface area contributed by atoms with Gasteiger partial charge in [-0.25, -0.2) is 4.68 Å². The van der Waals surface area contributed by atoms with Crippen LogP contribution < -0.4 is 4.74 Å². The van der Waals surface area contributed by atoms with E-state index in [1.165, 1.54) is 4.68 Å². The van der Waals surface area contributed by atoms with Gasteiger partial charge in [-0.2, -0.15) is 5.10 Å². The molecule has 0 N–H and O–H groups in total. The second kappa shape index (κ2) is 5.85. The maximum Gasteiger partial charge on any atom is 0.353 e. The highest BCUT2D eigenvalue weighted by atomic mass is 79.9. The summed E-state index contributed by atoms with van der Waals surface area (Å²) >= 11 is 3.48. The van der Waals surface area contributed by atoms with Crippen LogP contribution in [0, 0.1) is 24.0 Å². The zero-order valence-electron chi connectivity index (χ0n) is 12.3. The highest BCUT2D eigenvalue weighted by molar-refractivity contribution is 9.10. The Balaban J connectivity index is 2.49. The summed E-state index contributed by atoms with van der Waals surface area (Å²) in [4.78, 5) is 10.8. The summed E-state index contributed by atoms with van der Waals surface area (Å²) in [5.74, 6) is 0.708. The molecule has 0 atom stereocenters. The second-order valence-electron chi connectivity index (χ2n) is 4.81. The van der Waals surface area contributed by atoms with Gasteiger partial charge in [-0.15, -0.1) is 0 Å². The highest BCUT2D eigenvalue weighted by Gasteiger charge is 2.27. The summed E-state index contributed by atoms with van der Waals surface area (Å²) in [6, 6.07) is 3.67. The van der Waals surface area contributed by atoms with Crippen LogP contribution in [0.25, 0.3) is 0 Å². The van der Waals surface area contributed by atoms with Crippen LogP contribution >= 0.6 is 15.9 Å². The van der Waals surface area contributed by atoms with E-state index >= 15 is 0 Å². The van der Waals surface area contributed by atoms with Crippen LogP contribution in [0.1, 0.15) is 23.7 Å². The van der Waals surface area contributed by atoms with Gasteiger partial charge in [0, 0.05) is 11.5 Å². The number of ether oxygens (including phenoxy) is 1. The third kappa shape index (κ3) is 2.92. The zero-order chi connectivity index (χ0) is 15.7.